The summed E-state index contributed by atoms with van der Waals surface area (Å²) < 4.78 is 5.72. The van der Waals surface area contributed by atoms with Crippen LogP contribution in [0.2, 0.25) is 0 Å². The maximum Gasteiger partial charge on any atom is 0.258 e. The van der Waals surface area contributed by atoms with E-state index in [2.05, 4.69) is 15.3 Å². The summed E-state index contributed by atoms with van der Waals surface area (Å²) in [5.74, 6) is 0.213. The third kappa shape index (κ3) is 6.33. The lowest BCUT2D eigenvalue weighted by Gasteiger charge is -2.25. The zero-order valence-corrected chi connectivity index (χ0v) is 20.3. The van der Waals surface area contributed by atoms with Gasteiger partial charge in [0.05, 0.1) is 23.6 Å². The van der Waals surface area contributed by atoms with Crippen molar-refractivity contribution in [2.75, 3.05) is 25.0 Å². The maximum absolute atomic E-state index is 13.1. The number of benzene rings is 2. The van der Waals surface area contributed by atoms with E-state index in [-0.39, 0.29) is 36.4 Å². The summed E-state index contributed by atoms with van der Waals surface area (Å²) in [6.45, 7) is 5.00. The predicted molar refractivity (Wildman–Crippen MR) is 135 cm³/mol. The van der Waals surface area contributed by atoms with E-state index in [4.69, 9.17) is 4.74 Å². The zero-order chi connectivity index (χ0) is 24.8. The minimum absolute atomic E-state index is 0.0306. The first-order valence-electron chi connectivity index (χ1n) is 12.1. The number of hydrogen-bond donors (Lipinski definition) is 2. The van der Waals surface area contributed by atoms with Crippen LogP contribution in [-0.4, -0.2) is 52.5 Å². The third-order valence-corrected chi connectivity index (χ3v) is 6.48. The molecular formula is C27H32N4O4. The number of anilines is 1. The van der Waals surface area contributed by atoms with E-state index in [9.17, 15) is 14.4 Å². The number of fused-ring (bicyclic) bond motifs is 1. The van der Waals surface area contributed by atoms with Crippen LogP contribution in [0.25, 0.3) is 10.9 Å². The molecule has 0 radical (unpaired) electrons. The minimum atomic E-state index is -0.231. The van der Waals surface area contributed by atoms with Crippen LogP contribution in [0, 0.1) is 13.8 Å². The van der Waals surface area contributed by atoms with Gasteiger partial charge in [-0.2, -0.15) is 0 Å². The number of carbonyl (C=O) groups is 2. The summed E-state index contributed by atoms with van der Waals surface area (Å²) in [6, 6.07) is 12.9. The highest BCUT2D eigenvalue weighted by atomic mass is 16.5. The summed E-state index contributed by atoms with van der Waals surface area (Å²) in [6.07, 6.45) is 3.02. The molecule has 0 spiro atoms. The second-order valence-electron chi connectivity index (χ2n) is 9.09. The molecule has 184 valence electrons. The number of para-hydroxylation sites is 1. The lowest BCUT2D eigenvalue weighted by Crippen LogP contribution is -2.42. The summed E-state index contributed by atoms with van der Waals surface area (Å²) in [5, 5.41) is 3.49. The van der Waals surface area contributed by atoms with Crippen LogP contribution in [0.3, 0.4) is 0 Å². The molecule has 3 aromatic rings. The number of nitrogens with zero attached hydrogens (tertiary/aromatic N) is 2. The van der Waals surface area contributed by atoms with Crippen molar-refractivity contribution in [1.82, 2.24) is 14.9 Å². The molecule has 0 saturated carbocycles. The van der Waals surface area contributed by atoms with Crippen molar-refractivity contribution in [1.29, 1.82) is 0 Å². The Balaban J connectivity index is 1.38. The van der Waals surface area contributed by atoms with E-state index in [1.807, 2.05) is 38.1 Å². The van der Waals surface area contributed by atoms with Gasteiger partial charge in [-0.25, -0.2) is 4.98 Å². The van der Waals surface area contributed by atoms with Crippen LogP contribution in [-0.2, 0) is 20.7 Å². The van der Waals surface area contributed by atoms with Crippen molar-refractivity contribution < 1.29 is 14.3 Å². The fourth-order valence-electron chi connectivity index (χ4n) is 4.36. The van der Waals surface area contributed by atoms with Gasteiger partial charge in [0.2, 0.25) is 11.8 Å². The van der Waals surface area contributed by atoms with Crippen LogP contribution in [0.5, 0.6) is 0 Å². The van der Waals surface area contributed by atoms with E-state index in [0.29, 0.717) is 42.7 Å². The highest BCUT2D eigenvalue weighted by Gasteiger charge is 2.24. The molecule has 1 unspecified atom stereocenters. The number of ether oxygens (including phenoxy) is 1. The second kappa shape index (κ2) is 11.3. The Hall–Kier alpha value is -3.52. The number of aromatic amines is 1. The van der Waals surface area contributed by atoms with Crippen molar-refractivity contribution in [2.45, 2.75) is 52.1 Å². The lowest BCUT2D eigenvalue weighted by molar-refractivity contribution is -0.136. The van der Waals surface area contributed by atoms with Crippen LogP contribution < -0.4 is 10.9 Å². The Bertz CT molecular complexity index is 1260. The standard InChI is InChI=1S/C27H32N4O4/c1-18-8-5-12-22(19(18)2)29-25(32)17-31(16-20-9-7-15-35-20)26(33)14-6-13-24-28-23-11-4-3-10-21(23)27(34)30-24/h3-5,8,10-12,20H,6-7,9,13-17H2,1-2H3,(H,29,32)(H,28,30,34). The molecule has 2 aromatic carbocycles. The predicted octanol–water partition coefficient (Wildman–Crippen LogP) is 3.51. The highest BCUT2D eigenvalue weighted by Crippen LogP contribution is 2.19. The molecule has 1 fully saturated rings. The maximum atomic E-state index is 13.1. The largest absolute Gasteiger partial charge is 0.376 e. The quantitative estimate of drug-likeness (QED) is 0.492. The molecular weight excluding hydrogens is 444 g/mol. The monoisotopic (exact) mass is 476 g/mol. The van der Waals surface area contributed by atoms with E-state index in [1.165, 1.54) is 0 Å². The molecule has 2 N–H and O–H groups in total. The average Bonchev–Trinajstić information content (AvgIpc) is 3.35. The number of hydrogen-bond acceptors (Lipinski definition) is 5. The van der Waals surface area contributed by atoms with E-state index in [1.54, 1.807) is 23.1 Å². The van der Waals surface area contributed by atoms with Crippen molar-refractivity contribution in [3.8, 4) is 0 Å². The topological polar surface area (TPSA) is 104 Å². The lowest BCUT2D eigenvalue weighted by atomic mass is 10.1. The number of aryl methyl sites for hydroxylation is 2. The summed E-state index contributed by atoms with van der Waals surface area (Å²) in [4.78, 5) is 47.1. The van der Waals surface area contributed by atoms with Crippen molar-refractivity contribution in [3.63, 3.8) is 0 Å². The van der Waals surface area contributed by atoms with Gasteiger partial charge < -0.3 is 19.9 Å². The third-order valence-electron chi connectivity index (χ3n) is 6.48. The first-order valence-corrected chi connectivity index (χ1v) is 12.1. The molecule has 8 heteroatoms. The fourth-order valence-corrected chi connectivity index (χ4v) is 4.36. The number of carbonyl (C=O) groups excluding carboxylic acids is 2. The van der Waals surface area contributed by atoms with Gasteiger partial charge in [-0.15, -0.1) is 0 Å². The molecule has 1 saturated heterocycles. The second-order valence-corrected chi connectivity index (χ2v) is 9.09. The highest BCUT2D eigenvalue weighted by molar-refractivity contribution is 5.95. The first kappa shape index (κ1) is 24.6. The molecule has 4 rings (SSSR count). The molecule has 1 aliphatic rings. The van der Waals surface area contributed by atoms with Gasteiger partial charge in [0.15, 0.2) is 0 Å². The Morgan fingerprint density at radius 1 is 1.17 bits per heavy atom. The number of aromatic nitrogens is 2. The van der Waals surface area contributed by atoms with E-state index >= 15 is 0 Å². The molecule has 2 heterocycles. The molecule has 35 heavy (non-hydrogen) atoms. The van der Waals surface area contributed by atoms with Crippen LogP contribution in [0.1, 0.15) is 42.6 Å². The van der Waals surface area contributed by atoms with Crippen molar-refractivity contribution in [2.24, 2.45) is 0 Å². The SMILES string of the molecule is Cc1cccc(NC(=O)CN(CC2CCCO2)C(=O)CCCc2nc3ccccc3c(=O)[nH]2)c1C. The smallest absolute Gasteiger partial charge is 0.258 e. The first-order chi connectivity index (χ1) is 16.9. The number of amides is 2. The molecule has 1 atom stereocenters. The van der Waals surface area contributed by atoms with Gasteiger partial charge in [0, 0.05) is 31.7 Å². The summed E-state index contributed by atoms with van der Waals surface area (Å²) >= 11 is 0. The van der Waals surface area contributed by atoms with Gasteiger partial charge >= 0.3 is 0 Å². The molecule has 1 aliphatic heterocycles. The van der Waals surface area contributed by atoms with Crippen molar-refractivity contribution in [3.05, 3.63) is 69.8 Å². The summed E-state index contributed by atoms with van der Waals surface area (Å²) in [5.41, 5.74) is 3.32. The Kier molecular flexibility index (Phi) is 7.92. The van der Waals surface area contributed by atoms with E-state index < -0.39 is 0 Å². The van der Waals surface area contributed by atoms with E-state index in [0.717, 1.165) is 29.7 Å². The minimum Gasteiger partial charge on any atom is -0.376 e. The van der Waals surface area contributed by atoms with Gasteiger partial charge in [-0.05, 0) is 62.4 Å². The van der Waals surface area contributed by atoms with Gasteiger partial charge in [0.1, 0.15) is 5.82 Å². The van der Waals surface area contributed by atoms with Gasteiger partial charge in [-0.1, -0.05) is 24.3 Å². The molecule has 2 amide bonds. The van der Waals surface area contributed by atoms with Crippen LogP contribution in [0.15, 0.2) is 47.3 Å². The molecule has 0 aliphatic carbocycles. The van der Waals surface area contributed by atoms with Gasteiger partial charge in [-0.3, -0.25) is 14.4 Å². The summed E-state index contributed by atoms with van der Waals surface area (Å²) in [7, 11) is 0. The van der Waals surface area contributed by atoms with Crippen LogP contribution in [0.4, 0.5) is 5.69 Å². The number of rotatable bonds is 9. The normalized spacial score (nSPS) is 15.3. The number of H-pyrrole nitrogens is 1. The molecule has 0 bridgehead atoms. The van der Waals surface area contributed by atoms with Crippen LogP contribution >= 0.6 is 0 Å². The Morgan fingerprint density at radius 2 is 2.00 bits per heavy atom. The zero-order valence-electron chi connectivity index (χ0n) is 20.3. The van der Waals surface area contributed by atoms with Gasteiger partial charge in [0.25, 0.3) is 5.56 Å². The molecule has 1 aromatic heterocycles. The fraction of sp³-hybridized carbons (Fsp3) is 0.407. The molecule has 8 nitrogen and oxygen atoms in total. The average molecular weight is 477 g/mol. The Labute approximate surface area is 204 Å². The van der Waals surface area contributed by atoms with Crippen molar-refractivity contribution >= 4 is 28.4 Å². The number of nitrogens with one attached hydrogen (secondary N) is 2. The Morgan fingerprint density at radius 3 is 2.80 bits per heavy atom.